The number of rotatable bonds is 9. The Morgan fingerprint density at radius 2 is 2.03 bits per heavy atom. The Morgan fingerprint density at radius 3 is 2.69 bits per heavy atom. The SMILES string of the molecule is CCCC#CCC(C)C(O)C=CC1CCC(=O)N1CCc1ccc(C(=O)O)cc1. The van der Waals surface area contributed by atoms with Crippen LogP contribution in [0, 0.1) is 17.8 Å². The molecule has 0 bridgehead atoms. The monoisotopic (exact) mass is 397 g/mol. The van der Waals surface area contributed by atoms with Crippen molar-refractivity contribution in [2.24, 2.45) is 5.92 Å². The average Bonchev–Trinajstić information content (AvgIpc) is 3.07. The maximum absolute atomic E-state index is 12.3. The molecule has 29 heavy (non-hydrogen) atoms. The summed E-state index contributed by atoms with van der Waals surface area (Å²) in [6, 6.07) is 6.75. The average molecular weight is 398 g/mol. The van der Waals surface area contributed by atoms with Crippen molar-refractivity contribution in [2.45, 2.75) is 64.5 Å². The van der Waals surface area contributed by atoms with Crippen LogP contribution in [0.4, 0.5) is 0 Å². The van der Waals surface area contributed by atoms with Gasteiger partial charge in [0.2, 0.25) is 5.91 Å². The maximum atomic E-state index is 12.3. The molecule has 0 radical (unpaired) electrons. The molecule has 3 atom stereocenters. The molecule has 1 heterocycles. The van der Waals surface area contributed by atoms with Crippen molar-refractivity contribution < 1.29 is 19.8 Å². The van der Waals surface area contributed by atoms with Gasteiger partial charge in [-0.05, 0) is 42.9 Å². The number of carbonyl (C=O) groups excluding carboxylic acids is 1. The summed E-state index contributed by atoms with van der Waals surface area (Å²) in [5, 5.41) is 19.3. The maximum Gasteiger partial charge on any atom is 0.335 e. The Balaban J connectivity index is 1.89. The molecule has 2 N–H and O–H groups in total. The van der Waals surface area contributed by atoms with Gasteiger partial charge in [-0.15, -0.1) is 11.8 Å². The summed E-state index contributed by atoms with van der Waals surface area (Å²) in [5.74, 6) is 5.44. The summed E-state index contributed by atoms with van der Waals surface area (Å²) in [5.41, 5.74) is 1.26. The van der Waals surface area contributed by atoms with E-state index in [2.05, 4.69) is 18.8 Å². The molecule has 2 rings (SSSR count). The number of aromatic carboxylic acids is 1. The van der Waals surface area contributed by atoms with E-state index in [0.717, 1.165) is 24.8 Å². The highest BCUT2D eigenvalue weighted by Crippen LogP contribution is 2.21. The molecule has 156 valence electrons. The van der Waals surface area contributed by atoms with Crippen LogP contribution in [0.1, 0.15) is 61.9 Å². The standard InChI is InChI=1S/C24H31NO4/c1-3-4-5-6-7-18(2)22(26)14-12-21-13-15-23(27)25(21)17-16-19-8-10-20(11-9-19)24(28)29/h8-12,14,18,21-22,26H,3-4,7,13,15-17H2,1-2H3,(H,28,29). The molecular weight excluding hydrogens is 366 g/mol. The lowest BCUT2D eigenvalue weighted by atomic mass is 9.99. The Morgan fingerprint density at radius 1 is 1.31 bits per heavy atom. The number of unbranched alkanes of at least 4 members (excludes halogenated alkanes) is 1. The van der Waals surface area contributed by atoms with Gasteiger partial charge in [0.25, 0.3) is 0 Å². The first-order chi connectivity index (χ1) is 13.9. The molecule has 5 nitrogen and oxygen atoms in total. The molecule has 0 saturated carbocycles. The second-order valence-corrected chi connectivity index (χ2v) is 7.61. The Hall–Kier alpha value is -2.58. The fraction of sp³-hybridized carbons (Fsp3) is 0.500. The second kappa shape index (κ2) is 11.4. The number of benzene rings is 1. The van der Waals surface area contributed by atoms with Gasteiger partial charge in [-0.1, -0.05) is 38.1 Å². The number of carbonyl (C=O) groups is 2. The predicted octanol–water partition coefficient (Wildman–Crippen LogP) is 3.67. The Labute approximate surface area is 173 Å². The van der Waals surface area contributed by atoms with E-state index in [1.165, 1.54) is 0 Å². The highest BCUT2D eigenvalue weighted by Gasteiger charge is 2.28. The topological polar surface area (TPSA) is 77.8 Å². The molecule has 1 aliphatic heterocycles. The number of likely N-dealkylation sites (tertiary alicyclic amines) is 1. The van der Waals surface area contributed by atoms with E-state index in [-0.39, 0.29) is 23.4 Å². The van der Waals surface area contributed by atoms with Gasteiger partial charge in [-0.25, -0.2) is 4.79 Å². The van der Waals surface area contributed by atoms with Crippen LogP contribution >= 0.6 is 0 Å². The molecule has 5 heteroatoms. The highest BCUT2D eigenvalue weighted by molar-refractivity contribution is 5.87. The first-order valence-electron chi connectivity index (χ1n) is 10.4. The van der Waals surface area contributed by atoms with Crippen LogP contribution < -0.4 is 0 Å². The van der Waals surface area contributed by atoms with Crippen molar-refractivity contribution >= 4 is 11.9 Å². The first-order valence-corrected chi connectivity index (χ1v) is 10.4. The molecule has 0 aliphatic carbocycles. The number of nitrogens with zero attached hydrogens (tertiary/aromatic N) is 1. The summed E-state index contributed by atoms with van der Waals surface area (Å²) < 4.78 is 0. The third kappa shape index (κ3) is 7.07. The van der Waals surface area contributed by atoms with Crippen LogP contribution in [0.2, 0.25) is 0 Å². The number of amides is 1. The zero-order chi connectivity index (χ0) is 21.2. The molecule has 1 saturated heterocycles. The minimum absolute atomic E-state index is 0.00572. The minimum Gasteiger partial charge on any atom is -0.478 e. The first kappa shape index (κ1) is 22.7. The predicted molar refractivity (Wildman–Crippen MR) is 113 cm³/mol. The third-order valence-corrected chi connectivity index (χ3v) is 5.25. The van der Waals surface area contributed by atoms with Gasteiger partial charge in [-0.3, -0.25) is 4.79 Å². The van der Waals surface area contributed by atoms with Crippen LogP contribution in [-0.2, 0) is 11.2 Å². The summed E-state index contributed by atoms with van der Waals surface area (Å²) in [4.78, 5) is 25.1. The molecule has 0 aromatic heterocycles. The number of hydrogen-bond donors (Lipinski definition) is 2. The van der Waals surface area contributed by atoms with Gasteiger partial charge in [0, 0.05) is 25.8 Å². The zero-order valence-corrected chi connectivity index (χ0v) is 17.3. The lowest BCUT2D eigenvalue weighted by molar-refractivity contribution is -0.128. The van der Waals surface area contributed by atoms with Gasteiger partial charge in [0.1, 0.15) is 0 Å². The molecular formula is C24H31NO4. The van der Waals surface area contributed by atoms with E-state index < -0.39 is 12.1 Å². The van der Waals surface area contributed by atoms with E-state index in [1.54, 1.807) is 30.3 Å². The summed E-state index contributed by atoms with van der Waals surface area (Å²) in [7, 11) is 0. The van der Waals surface area contributed by atoms with Crippen molar-refractivity contribution in [1.29, 1.82) is 0 Å². The van der Waals surface area contributed by atoms with Gasteiger partial charge >= 0.3 is 5.97 Å². The zero-order valence-electron chi connectivity index (χ0n) is 17.3. The van der Waals surface area contributed by atoms with Crippen molar-refractivity contribution in [2.75, 3.05) is 6.54 Å². The van der Waals surface area contributed by atoms with Crippen molar-refractivity contribution in [3.63, 3.8) is 0 Å². The molecule has 1 aromatic rings. The van der Waals surface area contributed by atoms with Gasteiger partial charge < -0.3 is 15.1 Å². The summed E-state index contributed by atoms with van der Waals surface area (Å²) in [6.07, 6.45) is 7.69. The number of carboxylic acid groups (broad SMARTS) is 1. The molecule has 3 unspecified atom stereocenters. The minimum atomic E-state index is -0.944. The van der Waals surface area contributed by atoms with E-state index >= 15 is 0 Å². The van der Waals surface area contributed by atoms with E-state index in [9.17, 15) is 14.7 Å². The lowest BCUT2D eigenvalue weighted by Gasteiger charge is -2.23. The quantitative estimate of drug-likeness (QED) is 0.492. The van der Waals surface area contributed by atoms with Gasteiger partial charge in [0.15, 0.2) is 0 Å². The van der Waals surface area contributed by atoms with Gasteiger partial charge in [0.05, 0.1) is 17.7 Å². The molecule has 0 spiro atoms. The third-order valence-electron chi connectivity index (χ3n) is 5.25. The molecule has 1 amide bonds. The fourth-order valence-electron chi connectivity index (χ4n) is 3.31. The smallest absolute Gasteiger partial charge is 0.335 e. The summed E-state index contributed by atoms with van der Waals surface area (Å²) >= 11 is 0. The van der Waals surface area contributed by atoms with E-state index in [0.29, 0.717) is 25.8 Å². The van der Waals surface area contributed by atoms with Crippen LogP contribution in [0.15, 0.2) is 36.4 Å². The number of carboxylic acids is 1. The van der Waals surface area contributed by atoms with Crippen LogP contribution in [0.3, 0.4) is 0 Å². The van der Waals surface area contributed by atoms with Crippen LogP contribution in [0.25, 0.3) is 0 Å². The molecule has 1 fully saturated rings. The van der Waals surface area contributed by atoms with Crippen molar-refractivity contribution in [3.05, 3.63) is 47.5 Å². The fourth-order valence-corrected chi connectivity index (χ4v) is 3.31. The van der Waals surface area contributed by atoms with Gasteiger partial charge in [-0.2, -0.15) is 0 Å². The largest absolute Gasteiger partial charge is 0.478 e. The summed E-state index contributed by atoms with van der Waals surface area (Å²) in [6.45, 7) is 4.65. The van der Waals surface area contributed by atoms with E-state index in [1.807, 2.05) is 17.9 Å². The van der Waals surface area contributed by atoms with E-state index in [4.69, 9.17) is 5.11 Å². The lowest BCUT2D eigenvalue weighted by Crippen LogP contribution is -2.34. The molecule has 1 aromatic carbocycles. The number of aliphatic hydroxyl groups is 1. The second-order valence-electron chi connectivity index (χ2n) is 7.61. The Kier molecular flexibility index (Phi) is 8.95. The Bertz CT molecular complexity index is 772. The number of aliphatic hydroxyl groups excluding tert-OH is 1. The van der Waals surface area contributed by atoms with Crippen LogP contribution in [0.5, 0.6) is 0 Å². The normalized spacial score (nSPS) is 18.5. The molecule has 1 aliphatic rings. The van der Waals surface area contributed by atoms with Crippen molar-refractivity contribution in [1.82, 2.24) is 4.90 Å². The highest BCUT2D eigenvalue weighted by atomic mass is 16.4. The van der Waals surface area contributed by atoms with Crippen LogP contribution in [-0.4, -0.2) is 45.7 Å². The number of hydrogen-bond acceptors (Lipinski definition) is 3. The van der Waals surface area contributed by atoms with Crippen molar-refractivity contribution in [3.8, 4) is 11.8 Å².